The van der Waals surface area contributed by atoms with Crippen LogP contribution in [0.2, 0.25) is 0 Å². The third-order valence-corrected chi connectivity index (χ3v) is 3.02. The van der Waals surface area contributed by atoms with Gasteiger partial charge in [0, 0.05) is 7.05 Å². The van der Waals surface area contributed by atoms with Gasteiger partial charge in [-0.2, -0.15) is 0 Å². The molecular weight excluding hydrogens is 256 g/mol. The van der Waals surface area contributed by atoms with Gasteiger partial charge in [-0.05, 0) is 11.8 Å². The lowest BCUT2D eigenvalue weighted by molar-refractivity contribution is 0.731. The smallest absolute Gasteiger partial charge is 0.330 e. The molecule has 0 aliphatic heterocycles. The number of rotatable bonds is 4. The standard InChI is InChI=1S/C14H16N4O2/c1-3-17(2)11-12(15)18(14(20)16-13(11)19)9-10-7-5-4-6-8-10/h3-8H,1,9,15H2,2H3,(H,16,19,20). The van der Waals surface area contributed by atoms with Gasteiger partial charge in [-0.15, -0.1) is 0 Å². The van der Waals surface area contributed by atoms with Crippen molar-refractivity contribution in [1.29, 1.82) is 0 Å². The maximum absolute atomic E-state index is 11.9. The van der Waals surface area contributed by atoms with Crippen LogP contribution in [0.3, 0.4) is 0 Å². The third-order valence-electron chi connectivity index (χ3n) is 3.02. The molecule has 0 aliphatic rings. The van der Waals surface area contributed by atoms with E-state index in [2.05, 4.69) is 11.6 Å². The molecule has 20 heavy (non-hydrogen) atoms. The van der Waals surface area contributed by atoms with Crippen molar-refractivity contribution in [3.05, 3.63) is 69.5 Å². The maximum atomic E-state index is 11.9. The summed E-state index contributed by atoms with van der Waals surface area (Å²) in [5.74, 6) is 0.116. The molecule has 6 nitrogen and oxygen atoms in total. The van der Waals surface area contributed by atoms with Crippen molar-refractivity contribution in [2.75, 3.05) is 17.7 Å². The van der Waals surface area contributed by atoms with Crippen molar-refractivity contribution >= 4 is 11.5 Å². The van der Waals surface area contributed by atoms with E-state index in [0.717, 1.165) is 5.56 Å². The van der Waals surface area contributed by atoms with E-state index in [4.69, 9.17) is 5.73 Å². The van der Waals surface area contributed by atoms with Crippen LogP contribution in [0.25, 0.3) is 0 Å². The van der Waals surface area contributed by atoms with Gasteiger partial charge < -0.3 is 10.6 Å². The molecule has 0 saturated heterocycles. The molecule has 6 heteroatoms. The highest BCUT2D eigenvalue weighted by atomic mass is 16.2. The Morgan fingerprint density at radius 2 is 2.00 bits per heavy atom. The van der Waals surface area contributed by atoms with Crippen molar-refractivity contribution in [3.63, 3.8) is 0 Å². The molecule has 0 spiro atoms. The Bertz CT molecular complexity index is 731. The minimum Gasteiger partial charge on any atom is -0.383 e. The number of hydrogen-bond donors (Lipinski definition) is 2. The largest absolute Gasteiger partial charge is 0.383 e. The molecule has 2 rings (SSSR count). The number of H-pyrrole nitrogens is 1. The Morgan fingerprint density at radius 1 is 1.35 bits per heavy atom. The normalized spacial score (nSPS) is 10.2. The summed E-state index contributed by atoms with van der Waals surface area (Å²) in [6.45, 7) is 3.88. The minimum absolute atomic E-state index is 0.116. The quantitative estimate of drug-likeness (QED) is 0.860. The zero-order chi connectivity index (χ0) is 14.7. The van der Waals surface area contributed by atoms with Crippen LogP contribution in [0.15, 0.2) is 52.7 Å². The second kappa shape index (κ2) is 5.48. The van der Waals surface area contributed by atoms with E-state index < -0.39 is 11.2 Å². The summed E-state index contributed by atoms with van der Waals surface area (Å²) in [6, 6.07) is 9.40. The number of benzene rings is 1. The van der Waals surface area contributed by atoms with Crippen molar-refractivity contribution in [2.24, 2.45) is 0 Å². The van der Waals surface area contributed by atoms with Gasteiger partial charge in [0.1, 0.15) is 11.5 Å². The van der Waals surface area contributed by atoms with Crippen molar-refractivity contribution in [2.45, 2.75) is 6.54 Å². The highest BCUT2D eigenvalue weighted by molar-refractivity contribution is 5.63. The number of aromatic amines is 1. The highest BCUT2D eigenvalue weighted by Crippen LogP contribution is 2.15. The number of nitrogens with zero attached hydrogens (tertiary/aromatic N) is 2. The van der Waals surface area contributed by atoms with Crippen LogP contribution in [-0.2, 0) is 6.54 Å². The molecule has 0 aliphatic carbocycles. The number of anilines is 2. The Morgan fingerprint density at radius 3 is 2.60 bits per heavy atom. The van der Waals surface area contributed by atoms with Crippen LogP contribution >= 0.6 is 0 Å². The number of nitrogens with two attached hydrogens (primary N) is 1. The monoisotopic (exact) mass is 272 g/mol. The predicted molar refractivity (Wildman–Crippen MR) is 79.9 cm³/mol. The summed E-state index contributed by atoms with van der Waals surface area (Å²) in [7, 11) is 1.64. The molecule has 0 amide bonds. The number of nitrogens with one attached hydrogen (secondary N) is 1. The van der Waals surface area contributed by atoms with E-state index in [0.29, 0.717) is 6.54 Å². The van der Waals surface area contributed by atoms with E-state index in [-0.39, 0.29) is 11.5 Å². The van der Waals surface area contributed by atoms with Gasteiger partial charge >= 0.3 is 5.69 Å². The molecule has 0 radical (unpaired) electrons. The highest BCUT2D eigenvalue weighted by Gasteiger charge is 2.14. The molecule has 104 valence electrons. The first-order valence-corrected chi connectivity index (χ1v) is 6.06. The molecule has 0 unspecified atom stereocenters. The second-order valence-electron chi connectivity index (χ2n) is 4.36. The Kier molecular flexibility index (Phi) is 3.74. The fourth-order valence-electron chi connectivity index (χ4n) is 1.93. The zero-order valence-corrected chi connectivity index (χ0v) is 11.2. The summed E-state index contributed by atoms with van der Waals surface area (Å²) in [6.07, 6.45) is 1.46. The lowest BCUT2D eigenvalue weighted by atomic mass is 10.2. The van der Waals surface area contributed by atoms with E-state index in [9.17, 15) is 9.59 Å². The number of hydrogen-bond acceptors (Lipinski definition) is 4. The third kappa shape index (κ3) is 2.49. The van der Waals surface area contributed by atoms with Crippen LogP contribution in [0, 0.1) is 0 Å². The molecular formula is C14H16N4O2. The van der Waals surface area contributed by atoms with E-state index in [1.54, 1.807) is 7.05 Å². The van der Waals surface area contributed by atoms with Gasteiger partial charge in [-0.1, -0.05) is 36.9 Å². The van der Waals surface area contributed by atoms with Gasteiger partial charge in [-0.25, -0.2) is 4.79 Å². The molecule has 1 aromatic carbocycles. The van der Waals surface area contributed by atoms with Gasteiger partial charge in [-0.3, -0.25) is 14.3 Å². The molecule has 3 N–H and O–H groups in total. The van der Waals surface area contributed by atoms with E-state index >= 15 is 0 Å². The summed E-state index contributed by atoms with van der Waals surface area (Å²) >= 11 is 0. The van der Waals surface area contributed by atoms with E-state index in [1.807, 2.05) is 30.3 Å². The van der Waals surface area contributed by atoms with Crippen LogP contribution < -0.4 is 21.9 Å². The summed E-state index contributed by atoms with van der Waals surface area (Å²) < 4.78 is 1.33. The Balaban J connectivity index is 2.56. The average molecular weight is 272 g/mol. The molecule has 2 aromatic rings. The van der Waals surface area contributed by atoms with Crippen molar-refractivity contribution in [1.82, 2.24) is 9.55 Å². The summed E-state index contributed by atoms with van der Waals surface area (Å²) in [5, 5.41) is 0. The molecule has 0 fully saturated rings. The van der Waals surface area contributed by atoms with Gasteiger partial charge in [0.15, 0.2) is 0 Å². The summed E-state index contributed by atoms with van der Waals surface area (Å²) in [5.41, 5.74) is 6.03. The van der Waals surface area contributed by atoms with Crippen LogP contribution in [-0.4, -0.2) is 16.6 Å². The van der Waals surface area contributed by atoms with Gasteiger partial charge in [0.25, 0.3) is 5.56 Å². The van der Waals surface area contributed by atoms with Gasteiger partial charge in [0.05, 0.1) is 6.54 Å². The average Bonchev–Trinajstić information content (AvgIpc) is 2.44. The Labute approximate surface area is 115 Å². The van der Waals surface area contributed by atoms with E-state index in [1.165, 1.54) is 15.7 Å². The number of nitrogen functional groups attached to an aromatic ring is 1. The van der Waals surface area contributed by atoms with Crippen LogP contribution in [0.5, 0.6) is 0 Å². The molecule has 1 heterocycles. The van der Waals surface area contributed by atoms with Crippen LogP contribution in [0.4, 0.5) is 11.5 Å². The fraction of sp³-hybridized carbons (Fsp3) is 0.143. The first-order valence-electron chi connectivity index (χ1n) is 6.06. The maximum Gasteiger partial charge on any atom is 0.330 e. The topological polar surface area (TPSA) is 84.1 Å². The van der Waals surface area contributed by atoms with Crippen molar-refractivity contribution in [3.8, 4) is 0 Å². The Hall–Kier alpha value is -2.76. The van der Waals surface area contributed by atoms with Gasteiger partial charge in [0.2, 0.25) is 0 Å². The second-order valence-corrected chi connectivity index (χ2v) is 4.36. The van der Waals surface area contributed by atoms with Crippen LogP contribution in [0.1, 0.15) is 5.56 Å². The first-order chi connectivity index (χ1) is 9.54. The zero-order valence-electron chi connectivity index (χ0n) is 11.2. The SMILES string of the molecule is C=CN(C)c1c(N)n(Cc2ccccc2)c(=O)[nH]c1=O. The molecule has 1 aromatic heterocycles. The fourth-order valence-corrected chi connectivity index (χ4v) is 1.93. The molecule has 0 saturated carbocycles. The molecule has 0 bridgehead atoms. The first kappa shape index (κ1) is 13.7. The minimum atomic E-state index is -0.530. The summed E-state index contributed by atoms with van der Waals surface area (Å²) in [4.78, 5) is 27.5. The predicted octanol–water partition coefficient (Wildman–Crippen LogP) is 0.747. The molecule has 0 atom stereocenters. The van der Waals surface area contributed by atoms with Crippen molar-refractivity contribution < 1.29 is 0 Å². The lowest BCUT2D eigenvalue weighted by Crippen LogP contribution is -2.35. The lowest BCUT2D eigenvalue weighted by Gasteiger charge is -2.18. The number of aromatic nitrogens is 2.